The van der Waals surface area contributed by atoms with Crippen LogP contribution in [0.1, 0.15) is 43.7 Å². The lowest BCUT2D eigenvalue weighted by Gasteiger charge is -2.27. The molecule has 28 heavy (non-hydrogen) atoms. The van der Waals surface area contributed by atoms with E-state index in [0.29, 0.717) is 23.9 Å². The van der Waals surface area contributed by atoms with Crippen LogP contribution in [0.5, 0.6) is 0 Å². The minimum absolute atomic E-state index is 0.212. The molecule has 3 atom stereocenters. The summed E-state index contributed by atoms with van der Waals surface area (Å²) in [5, 5.41) is 0.560. The number of urea groups is 1. The summed E-state index contributed by atoms with van der Waals surface area (Å²) in [7, 11) is 0. The Morgan fingerprint density at radius 1 is 0.893 bits per heavy atom. The summed E-state index contributed by atoms with van der Waals surface area (Å²) in [6.07, 6.45) is 5.02. The maximum absolute atomic E-state index is 13.4. The van der Waals surface area contributed by atoms with Gasteiger partial charge >= 0.3 is 6.03 Å². The molecule has 0 spiro atoms. The predicted octanol–water partition coefficient (Wildman–Crippen LogP) is 5.56. The van der Waals surface area contributed by atoms with E-state index in [2.05, 4.69) is 77.0 Å². The van der Waals surface area contributed by atoms with Gasteiger partial charge in [-0.05, 0) is 17.5 Å². The lowest BCUT2D eigenvalue weighted by atomic mass is 10.0. The van der Waals surface area contributed by atoms with Crippen LogP contribution in [0.15, 0.2) is 60.7 Å². The second-order valence-corrected chi connectivity index (χ2v) is 9.21. The van der Waals surface area contributed by atoms with Crippen LogP contribution in [0.25, 0.3) is 0 Å². The Morgan fingerprint density at radius 2 is 1.50 bits per heavy atom. The van der Waals surface area contributed by atoms with Gasteiger partial charge < -0.3 is 9.80 Å². The van der Waals surface area contributed by atoms with Crippen LogP contribution in [0, 0.1) is 0 Å². The Balaban J connectivity index is 1.56. The maximum atomic E-state index is 13.4. The van der Waals surface area contributed by atoms with E-state index in [1.54, 1.807) is 0 Å². The first-order valence-electron chi connectivity index (χ1n) is 10.5. The van der Waals surface area contributed by atoms with Crippen molar-refractivity contribution >= 4 is 17.8 Å². The fourth-order valence-electron chi connectivity index (χ4n) is 4.55. The van der Waals surface area contributed by atoms with Crippen molar-refractivity contribution in [2.75, 3.05) is 5.75 Å². The monoisotopic (exact) mass is 394 g/mol. The molecule has 2 heterocycles. The molecule has 2 aliphatic heterocycles. The van der Waals surface area contributed by atoms with E-state index in [4.69, 9.17) is 0 Å². The highest BCUT2D eigenvalue weighted by molar-refractivity contribution is 8.00. The van der Waals surface area contributed by atoms with Crippen molar-refractivity contribution in [1.29, 1.82) is 0 Å². The highest BCUT2D eigenvalue weighted by atomic mass is 32.2. The average molecular weight is 395 g/mol. The van der Waals surface area contributed by atoms with Crippen molar-refractivity contribution < 1.29 is 4.79 Å². The van der Waals surface area contributed by atoms with E-state index in [-0.39, 0.29) is 6.03 Å². The smallest absolute Gasteiger partial charge is 0.314 e. The van der Waals surface area contributed by atoms with E-state index in [1.807, 2.05) is 12.1 Å². The minimum Gasteiger partial charge on any atom is -0.314 e. The molecule has 0 N–H and O–H groups in total. The summed E-state index contributed by atoms with van der Waals surface area (Å²) in [4.78, 5) is 17.7. The molecular formula is C24H30N2OS. The molecule has 0 saturated carbocycles. The summed E-state index contributed by atoms with van der Waals surface area (Å²) in [6.45, 7) is 3.69. The molecule has 0 radical (unpaired) electrons. The fourth-order valence-corrected chi connectivity index (χ4v) is 6.23. The molecule has 3 nitrogen and oxygen atoms in total. The summed E-state index contributed by atoms with van der Waals surface area (Å²) >= 11 is 2.08. The van der Waals surface area contributed by atoms with Crippen LogP contribution in [0.3, 0.4) is 0 Å². The van der Waals surface area contributed by atoms with E-state index < -0.39 is 0 Å². The Hall–Kier alpha value is -1.94. The second-order valence-electron chi connectivity index (χ2n) is 7.94. The average Bonchev–Trinajstić information content (AvgIpc) is 3.24. The SMILES string of the molecule is CCCCCC1SC[C@H]2[C@@H]1N(Cc1ccccc1)C(=O)N2Cc1ccccc1. The number of thioether (sulfide) groups is 1. The third-order valence-electron chi connectivity index (χ3n) is 5.99. The molecular weight excluding hydrogens is 364 g/mol. The van der Waals surface area contributed by atoms with Crippen LogP contribution >= 0.6 is 11.8 Å². The Labute approximate surface area is 173 Å². The molecule has 0 aromatic heterocycles. The summed E-state index contributed by atoms with van der Waals surface area (Å²) in [5.74, 6) is 1.06. The summed E-state index contributed by atoms with van der Waals surface area (Å²) < 4.78 is 0. The number of nitrogens with zero attached hydrogens (tertiary/aromatic N) is 2. The normalized spacial score (nSPS) is 24.0. The third-order valence-corrected chi connectivity index (χ3v) is 7.47. The first-order chi connectivity index (χ1) is 13.8. The number of hydrogen-bond donors (Lipinski definition) is 0. The molecule has 0 aliphatic carbocycles. The number of carbonyl (C=O) groups excluding carboxylic acids is 1. The van der Waals surface area contributed by atoms with E-state index in [0.717, 1.165) is 12.3 Å². The predicted molar refractivity (Wildman–Crippen MR) is 117 cm³/mol. The van der Waals surface area contributed by atoms with Crippen LogP contribution in [0.2, 0.25) is 0 Å². The topological polar surface area (TPSA) is 23.6 Å². The van der Waals surface area contributed by atoms with Gasteiger partial charge in [0.15, 0.2) is 0 Å². The first-order valence-corrected chi connectivity index (χ1v) is 11.6. The molecule has 148 valence electrons. The second kappa shape index (κ2) is 9.04. The summed E-state index contributed by atoms with van der Waals surface area (Å²) in [5.41, 5.74) is 2.44. The number of hydrogen-bond acceptors (Lipinski definition) is 2. The zero-order valence-corrected chi connectivity index (χ0v) is 17.5. The molecule has 2 saturated heterocycles. The molecule has 4 rings (SSSR count). The van der Waals surface area contributed by atoms with Crippen molar-refractivity contribution in [3.63, 3.8) is 0 Å². The van der Waals surface area contributed by atoms with Crippen LogP contribution in [0.4, 0.5) is 4.79 Å². The molecule has 1 unspecified atom stereocenters. The van der Waals surface area contributed by atoms with Gasteiger partial charge in [0, 0.05) is 24.1 Å². The quantitative estimate of drug-likeness (QED) is 0.432. The Morgan fingerprint density at radius 3 is 2.11 bits per heavy atom. The number of benzene rings is 2. The van der Waals surface area contributed by atoms with E-state index in [1.165, 1.54) is 36.8 Å². The van der Waals surface area contributed by atoms with Gasteiger partial charge in [-0.3, -0.25) is 0 Å². The fraction of sp³-hybridized carbons (Fsp3) is 0.458. The van der Waals surface area contributed by atoms with E-state index in [9.17, 15) is 4.79 Å². The van der Waals surface area contributed by atoms with Gasteiger partial charge in [0.1, 0.15) is 0 Å². The van der Waals surface area contributed by atoms with Crippen molar-refractivity contribution in [1.82, 2.24) is 9.80 Å². The third kappa shape index (κ3) is 4.07. The largest absolute Gasteiger partial charge is 0.321 e. The van der Waals surface area contributed by atoms with E-state index >= 15 is 0 Å². The molecule has 2 aromatic carbocycles. The molecule has 2 aliphatic rings. The van der Waals surface area contributed by atoms with Gasteiger partial charge in [-0.25, -0.2) is 4.79 Å². The highest BCUT2D eigenvalue weighted by Gasteiger charge is 2.52. The minimum atomic E-state index is 0.212. The Kier molecular flexibility index (Phi) is 6.26. The standard InChI is InChI=1S/C24H30N2OS/c1-2-3-6-15-22-23-21(18-28-22)25(16-19-11-7-4-8-12-19)24(27)26(23)17-20-13-9-5-10-14-20/h4-5,7-14,21-23H,2-3,6,15-18H2,1H3/t21-,22?,23-/m0/s1. The van der Waals surface area contributed by atoms with Gasteiger partial charge in [0.2, 0.25) is 0 Å². The van der Waals surface area contributed by atoms with Gasteiger partial charge in [-0.1, -0.05) is 86.8 Å². The Bertz CT molecular complexity index is 767. The number of amides is 2. The molecule has 2 aromatic rings. The molecule has 4 heteroatoms. The maximum Gasteiger partial charge on any atom is 0.321 e. The van der Waals surface area contributed by atoms with Crippen LogP contribution in [-0.2, 0) is 13.1 Å². The number of carbonyl (C=O) groups is 1. The zero-order valence-electron chi connectivity index (χ0n) is 16.7. The lowest BCUT2D eigenvalue weighted by molar-refractivity contribution is 0.180. The number of fused-ring (bicyclic) bond motifs is 1. The van der Waals surface area contributed by atoms with Gasteiger partial charge in [-0.15, -0.1) is 0 Å². The van der Waals surface area contributed by atoms with Gasteiger partial charge in [-0.2, -0.15) is 11.8 Å². The number of unbranched alkanes of at least 4 members (excludes halogenated alkanes) is 2. The van der Waals surface area contributed by atoms with Gasteiger partial charge in [0.25, 0.3) is 0 Å². The molecule has 0 bridgehead atoms. The van der Waals surface area contributed by atoms with Gasteiger partial charge in [0.05, 0.1) is 12.1 Å². The van der Waals surface area contributed by atoms with Crippen LogP contribution in [-0.4, -0.2) is 38.9 Å². The first kappa shape index (κ1) is 19.4. The lowest BCUT2D eigenvalue weighted by Crippen LogP contribution is -2.40. The summed E-state index contributed by atoms with van der Waals surface area (Å²) in [6, 6.07) is 21.7. The zero-order chi connectivity index (χ0) is 19.3. The molecule has 2 amide bonds. The van der Waals surface area contributed by atoms with Crippen molar-refractivity contribution in [2.45, 2.75) is 63.0 Å². The number of rotatable bonds is 8. The molecule has 2 fully saturated rings. The van der Waals surface area contributed by atoms with Crippen LogP contribution < -0.4 is 0 Å². The van der Waals surface area contributed by atoms with Crippen molar-refractivity contribution in [3.05, 3.63) is 71.8 Å². The highest BCUT2D eigenvalue weighted by Crippen LogP contribution is 2.42. The van der Waals surface area contributed by atoms with Crippen molar-refractivity contribution in [3.8, 4) is 0 Å². The van der Waals surface area contributed by atoms with Crippen molar-refractivity contribution in [2.24, 2.45) is 0 Å².